The number of carbonyl (C=O) groups is 1. The molecular formula is C21H22ClN5O2. The molecule has 7 nitrogen and oxygen atoms in total. The van der Waals surface area contributed by atoms with Crippen LogP contribution in [-0.2, 0) is 17.8 Å². The van der Waals surface area contributed by atoms with Crippen molar-refractivity contribution in [1.82, 2.24) is 19.9 Å². The number of halogens is 1. The second kappa shape index (κ2) is 8.21. The Hall–Kier alpha value is -2.93. The molecule has 0 saturated carbocycles. The highest BCUT2D eigenvalue weighted by Gasteiger charge is 2.32. The molecule has 8 heteroatoms. The highest BCUT2D eigenvalue weighted by molar-refractivity contribution is 6.31. The summed E-state index contributed by atoms with van der Waals surface area (Å²) in [6, 6.07) is 13.0. The first-order valence-electron chi connectivity index (χ1n) is 9.75. The zero-order valence-electron chi connectivity index (χ0n) is 16.1. The van der Waals surface area contributed by atoms with Crippen molar-refractivity contribution in [3.63, 3.8) is 0 Å². The van der Waals surface area contributed by atoms with Crippen molar-refractivity contribution in [3.8, 4) is 0 Å². The van der Waals surface area contributed by atoms with Crippen LogP contribution < -0.4 is 15.8 Å². The lowest BCUT2D eigenvalue weighted by molar-refractivity contribution is -0.122. The van der Waals surface area contributed by atoms with Crippen molar-refractivity contribution in [2.24, 2.45) is 0 Å². The molecule has 29 heavy (non-hydrogen) atoms. The summed E-state index contributed by atoms with van der Waals surface area (Å²) in [4.78, 5) is 31.7. The normalized spacial score (nSPS) is 16.3. The van der Waals surface area contributed by atoms with Crippen LogP contribution in [0.1, 0.15) is 31.0 Å². The minimum Gasteiger partial charge on any atom is -0.350 e. The van der Waals surface area contributed by atoms with Crippen molar-refractivity contribution in [2.45, 2.75) is 38.8 Å². The maximum absolute atomic E-state index is 12.8. The first kappa shape index (κ1) is 19.4. The van der Waals surface area contributed by atoms with E-state index < -0.39 is 0 Å². The Kier molecular flexibility index (Phi) is 5.49. The van der Waals surface area contributed by atoms with Gasteiger partial charge >= 0.3 is 0 Å². The molecule has 2 aromatic heterocycles. The molecule has 1 saturated heterocycles. The topological polar surface area (TPSA) is 79.6 Å². The van der Waals surface area contributed by atoms with Gasteiger partial charge in [-0.3, -0.25) is 9.59 Å². The lowest BCUT2D eigenvalue weighted by Gasteiger charge is -2.25. The van der Waals surface area contributed by atoms with Crippen molar-refractivity contribution in [2.75, 3.05) is 11.4 Å². The number of fused-ring (bicyclic) bond motifs is 1. The fraction of sp³-hybridized carbons (Fsp3) is 0.333. The molecule has 1 aliphatic heterocycles. The Morgan fingerprint density at radius 2 is 2.03 bits per heavy atom. The van der Waals surface area contributed by atoms with Crippen molar-refractivity contribution < 1.29 is 4.79 Å². The third-order valence-corrected chi connectivity index (χ3v) is 5.56. The van der Waals surface area contributed by atoms with Gasteiger partial charge in [-0.05, 0) is 37.0 Å². The van der Waals surface area contributed by atoms with Crippen molar-refractivity contribution in [3.05, 3.63) is 69.1 Å². The quantitative estimate of drug-likeness (QED) is 0.698. The van der Waals surface area contributed by atoms with E-state index in [1.807, 2.05) is 42.2 Å². The van der Waals surface area contributed by atoms with Gasteiger partial charge in [0.1, 0.15) is 16.9 Å². The SMILES string of the molecule is CCc1nc2ccc(N3CCC[C@@H]3C(=O)NCc3ccccc3)nn2c(=O)c1Cl. The van der Waals surface area contributed by atoms with E-state index in [4.69, 9.17) is 11.6 Å². The minimum absolute atomic E-state index is 0.0434. The highest BCUT2D eigenvalue weighted by Crippen LogP contribution is 2.24. The van der Waals surface area contributed by atoms with E-state index in [2.05, 4.69) is 15.4 Å². The van der Waals surface area contributed by atoms with Crippen LogP contribution in [0.2, 0.25) is 5.02 Å². The average Bonchev–Trinajstić information content (AvgIpc) is 3.25. The standard InChI is InChI=1S/C21H22ClN5O2/c1-2-15-19(22)21(29)27-17(24-15)10-11-18(25-27)26-12-6-9-16(26)20(28)23-13-14-7-4-3-5-8-14/h3-5,7-8,10-11,16H,2,6,9,12-13H2,1H3,(H,23,28)/t16-/m1/s1. The zero-order valence-corrected chi connectivity index (χ0v) is 16.9. The molecule has 1 atom stereocenters. The van der Waals surface area contributed by atoms with Crippen LogP contribution in [0.3, 0.4) is 0 Å². The van der Waals surface area contributed by atoms with Crippen LogP contribution >= 0.6 is 11.6 Å². The molecule has 1 fully saturated rings. The molecule has 1 aliphatic rings. The monoisotopic (exact) mass is 411 g/mol. The predicted octanol–water partition coefficient (Wildman–Crippen LogP) is 2.59. The Morgan fingerprint density at radius 1 is 1.24 bits per heavy atom. The molecule has 0 bridgehead atoms. The number of amides is 1. The number of aryl methyl sites for hydroxylation is 1. The summed E-state index contributed by atoms with van der Waals surface area (Å²) in [6.07, 6.45) is 2.19. The first-order valence-corrected chi connectivity index (χ1v) is 10.1. The molecule has 1 N–H and O–H groups in total. The molecule has 3 aromatic rings. The number of hydrogen-bond acceptors (Lipinski definition) is 5. The number of aromatic nitrogens is 3. The summed E-state index contributed by atoms with van der Waals surface area (Å²) in [6.45, 7) is 3.08. The largest absolute Gasteiger partial charge is 0.350 e. The van der Waals surface area contributed by atoms with Crippen molar-refractivity contribution in [1.29, 1.82) is 0 Å². The van der Waals surface area contributed by atoms with Gasteiger partial charge in [-0.1, -0.05) is 48.9 Å². The maximum Gasteiger partial charge on any atom is 0.293 e. The van der Waals surface area contributed by atoms with Gasteiger partial charge in [0.2, 0.25) is 5.91 Å². The molecule has 0 spiro atoms. The number of nitrogens with one attached hydrogen (secondary N) is 1. The third kappa shape index (κ3) is 3.82. The number of rotatable bonds is 5. The van der Waals surface area contributed by atoms with Gasteiger partial charge in [0.15, 0.2) is 5.65 Å². The summed E-state index contributed by atoms with van der Waals surface area (Å²) in [7, 11) is 0. The Labute approximate surface area is 173 Å². The van der Waals surface area contributed by atoms with E-state index in [9.17, 15) is 9.59 Å². The van der Waals surface area contributed by atoms with Crippen LogP contribution in [0.15, 0.2) is 47.3 Å². The number of anilines is 1. The fourth-order valence-electron chi connectivity index (χ4n) is 3.65. The van der Waals surface area contributed by atoms with Crippen LogP contribution in [0.4, 0.5) is 5.82 Å². The first-order chi connectivity index (χ1) is 14.1. The van der Waals surface area contributed by atoms with Crippen LogP contribution in [0, 0.1) is 0 Å². The smallest absolute Gasteiger partial charge is 0.293 e. The summed E-state index contributed by atoms with van der Waals surface area (Å²) in [5.41, 5.74) is 1.67. The fourth-order valence-corrected chi connectivity index (χ4v) is 3.90. The van der Waals surface area contributed by atoms with Crippen LogP contribution in [0.25, 0.3) is 5.65 Å². The average molecular weight is 412 g/mol. The van der Waals surface area contributed by atoms with Gasteiger partial charge in [-0.2, -0.15) is 4.52 Å². The summed E-state index contributed by atoms with van der Waals surface area (Å²) >= 11 is 6.15. The van der Waals surface area contributed by atoms with Crippen molar-refractivity contribution >= 4 is 29.0 Å². The summed E-state index contributed by atoms with van der Waals surface area (Å²) in [5.74, 6) is 0.525. The van der Waals surface area contributed by atoms with Gasteiger partial charge < -0.3 is 10.2 Å². The molecule has 3 heterocycles. The van der Waals surface area contributed by atoms with E-state index in [1.54, 1.807) is 12.1 Å². The second-order valence-corrected chi connectivity index (χ2v) is 7.43. The number of carbonyl (C=O) groups excluding carboxylic acids is 1. The van der Waals surface area contributed by atoms with Gasteiger partial charge in [-0.25, -0.2) is 4.98 Å². The number of nitrogens with zero attached hydrogens (tertiary/aromatic N) is 4. The van der Waals surface area contributed by atoms with Crippen LogP contribution in [-0.4, -0.2) is 33.1 Å². The third-order valence-electron chi connectivity index (χ3n) is 5.18. The zero-order chi connectivity index (χ0) is 20.4. The van der Waals surface area contributed by atoms with Gasteiger partial charge in [-0.15, -0.1) is 5.10 Å². The Bertz CT molecular complexity index is 1100. The highest BCUT2D eigenvalue weighted by atomic mass is 35.5. The number of benzene rings is 1. The van der Waals surface area contributed by atoms with E-state index in [0.29, 0.717) is 36.7 Å². The van der Waals surface area contributed by atoms with Gasteiger partial charge in [0.05, 0.1) is 5.69 Å². The minimum atomic E-state index is -0.389. The van der Waals surface area contributed by atoms with E-state index >= 15 is 0 Å². The molecule has 150 valence electrons. The van der Waals surface area contributed by atoms with Gasteiger partial charge in [0.25, 0.3) is 5.56 Å². The van der Waals surface area contributed by atoms with Gasteiger partial charge in [0, 0.05) is 13.1 Å². The van der Waals surface area contributed by atoms with E-state index in [0.717, 1.165) is 18.4 Å². The Morgan fingerprint density at radius 3 is 2.79 bits per heavy atom. The molecule has 0 aliphatic carbocycles. The Balaban J connectivity index is 1.58. The lowest BCUT2D eigenvalue weighted by atomic mass is 10.2. The van der Waals surface area contributed by atoms with Crippen LogP contribution in [0.5, 0.6) is 0 Å². The van der Waals surface area contributed by atoms with E-state index in [1.165, 1.54) is 4.52 Å². The lowest BCUT2D eigenvalue weighted by Crippen LogP contribution is -2.43. The maximum atomic E-state index is 12.8. The molecule has 0 radical (unpaired) electrons. The molecule has 1 amide bonds. The predicted molar refractivity (Wildman–Crippen MR) is 112 cm³/mol. The number of hydrogen-bond donors (Lipinski definition) is 1. The molecule has 0 unspecified atom stereocenters. The van der Waals surface area contributed by atoms with E-state index in [-0.39, 0.29) is 22.5 Å². The summed E-state index contributed by atoms with van der Waals surface area (Å²) in [5, 5.41) is 7.54. The molecule has 4 rings (SSSR count). The molecule has 1 aromatic carbocycles. The summed E-state index contributed by atoms with van der Waals surface area (Å²) < 4.78 is 1.22. The second-order valence-electron chi connectivity index (χ2n) is 7.05. The molecular weight excluding hydrogens is 390 g/mol.